The summed E-state index contributed by atoms with van der Waals surface area (Å²) in [5, 5.41) is 10.8. The Morgan fingerprint density at radius 1 is 1.42 bits per heavy atom. The number of thiophene rings is 1. The van der Waals surface area contributed by atoms with Crippen LogP contribution in [0.25, 0.3) is 0 Å². The van der Waals surface area contributed by atoms with Gasteiger partial charge < -0.3 is 15.5 Å². The van der Waals surface area contributed by atoms with E-state index in [1.54, 1.807) is 11.3 Å². The van der Waals surface area contributed by atoms with Gasteiger partial charge in [-0.25, -0.2) is 0 Å². The third kappa shape index (κ3) is 7.42. The van der Waals surface area contributed by atoms with Crippen LogP contribution in [0.5, 0.6) is 0 Å². The Morgan fingerprint density at radius 2 is 2.23 bits per heavy atom. The largest absolute Gasteiger partial charge is 0.357 e. The van der Waals surface area contributed by atoms with Crippen LogP contribution in [0, 0.1) is 0 Å². The average Bonchev–Trinajstić information content (AvgIpc) is 3.14. The van der Waals surface area contributed by atoms with Gasteiger partial charge in [-0.3, -0.25) is 9.79 Å². The second kappa shape index (κ2) is 12.5. The minimum atomic E-state index is 0. The van der Waals surface area contributed by atoms with E-state index in [1.807, 2.05) is 4.90 Å². The zero-order valence-corrected chi connectivity index (χ0v) is 19.3. The molecule has 1 aliphatic rings. The number of nitrogens with one attached hydrogen (secondary N) is 2. The molecule has 1 amide bonds. The highest BCUT2D eigenvalue weighted by atomic mass is 127. The summed E-state index contributed by atoms with van der Waals surface area (Å²) in [4.78, 5) is 19.1. The standard InChI is InChI=1S/C19H32N4OS.HI/c1-4-20-19(22-13-15(2)17-9-12-25-14-17)21-10-8-18(24)23-11-6-5-7-16(23)3;/h9,12,14-16H,4-8,10-11,13H2,1-3H3,(H2,20,21,22);1H. The Morgan fingerprint density at radius 3 is 2.88 bits per heavy atom. The van der Waals surface area contributed by atoms with E-state index in [0.29, 0.717) is 24.9 Å². The zero-order valence-electron chi connectivity index (χ0n) is 16.2. The van der Waals surface area contributed by atoms with Gasteiger partial charge in [-0.1, -0.05) is 6.92 Å². The fourth-order valence-electron chi connectivity index (χ4n) is 3.13. The van der Waals surface area contributed by atoms with E-state index in [4.69, 9.17) is 0 Å². The highest BCUT2D eigenvalue weighted by Crippen LogP contribution is 2.18. The van der Waals surface area contributed by atoms with Crippen LogP contribution < -0.4 is 10.6 Å². The molecule has 1 aromatic heterocycles. The molecule has 0 spiro atoms. The summed E-state index contributed by atoms with van der Waals surface area (Å²) in [7, 11) is 0. The highest BCUT2D eigenvalue weighted by molar-refractivity contribution is 14.0. The number of hydrogen-bond acceptors (Lipinski definition) is 3. The summed E-state index contributed by atoms with van der Waals surface area (Å²) in [5.41, 5.74) is 1.33. The fraction of sp³-hybridized carbons (Fsp3) is 0.684. The number of carbonyl (C=O) groups excluding carboxylic acids is 1. The molecule has 0 saturated carbocycles. The van der Waals surface area contributed by atoms with Crippen molar-refractivity contribution in [2.45, 2.75) is 58.4 Å². The summed E-state index contributed by atoms with van der Waals surface area (Å²) in [6, 6.07) is 2.54. The molecule has 2 unspecified atom stereocenters. The maximum atomic E-state index is 12.4. The van der Waals surface area contributed by atoms with Gasteiger partial charge >= 0.3 is 0 Å². The predicted molar refractivity (Wildman–Crippen MR) is 122 cm³/mol. The predicted octanol–water partition coefficient (Wildman–Crippen LogP) is 3.82. The van der Waals surface area contributed by atoms with Crippen LogP contribution in [0.3, 0.4) is 0 Å². The van der Waals surface area contributed by atoms with Crippen LogP contribution in [0.2, 0.25) is 0 Å². The maximum Gasteiger partial charge on any atom is 0.224 e. The van der Waals surface area contributed by atoms with Gasteiger partial charge in [-0.05, 0) is 55.5 Å². The van der Waals surface area contributed by atoms with Crippen LogP contribution in [0.15, 0.2) is 21.8 Å². The Kier molecular flexibility index (Phi) is 11.2. The van der Waals surface area contributed by atoms with Crippen molar-refractivity contribution in [1.29, 1.82) is 0 Å². The summed E-state index contributed by atoms with van der Waals surface area (Å²) in [5.74, 6) is 1.45. The minimum absolute atomic E-state index is 0. The van der Waals surface area contributed by atoms with Gasteiger partial charge in [0.1, 0.15) is 0 Å². The highest BCUT2D eigenvalue weighted by Gasteiger charge is 2.22. The van der Waals surface area contributed by atoms with Crippen molar-refractivity contribution in [3.05, 3.63) is 22.4 Å². The lowest BCUT2D eigenvalue weighted by molar-refractivity contribution is -0.134. The molecule has 1 aromatic rings. The number of aliphatic imine (C=N–C) groups is 1. The van der Waals surface area contributed by atoms with Crippen LogP contribution in [0.1, 0.15) is 57.9 Å². The van der Waals surface area contributed by atoms with Crippen LogP contribution in [0.4, 0.5) is 0 Å². The molecule has 2 heterocycles. The van der Waals surface area contributed by atoms with E-state index in [2.05, 4.69) is 53.2 Å². The van der Waals surface area contributed by atoms with Crippen molar-refractivity contribution >= 4 is 47.2 Å². The molecule has 1 saturated heterocycles. The Labute approximate surface area is 179 Å². The number of hydrogen-bond donors (Lipinski definition) is 2. The Hall–Kier alpha value is -0.830. The number of likely N-dealkylation sites (tertiary alicyclic amines) is 1. The molecule has 0 bridgehead atoms. The molecule has 0 aromatic carbocycles. The number of guanidine groups is 1. The molecule has 2 rings (SSSR count). The first-order valence-corrected chi connectivity index (χ1v) is 10.4. The molecule has 26 heavy (non-hydrogen) atoms. The monoisotopic (exact) mass is 492 g/mol. The van der Waals surface area contributed by atoms with Crippen molar-refractivity contribution in [1.82, 2.24) is 15.5 Å². The van der Waals surface area contributed by atoms with Gasteiger partial charge in [0.15, 0.2) is 5.96 Å². The Bertz CT molecular complexity index is 550. The molecule has 0 radical (unpaired) electrons. The normalized spacial score (nSPS) is 18.8. The molecule has 2 atom stereocenters. The van der Waals surface area contributed by atoms with E-state index in [9.17, 15) is 4.79 Å². The third-order valence-corrected chi connectivity index (χ3v) is 5.44. The van der Waals surface area contributed by atoms with Crippen molar-refractivity contribution in [3.63, 3.8) is 0 Å². The number of amides is 1. The van der Waals surface area contributed by atoms with Crippen molar-refractivity contribution in [2.75, 3.05) is 26.2 Å². The molecule has 148 valence electrons. The van der Waals surface area contributed by atoms with Crippen molar-refractivity contribution in [2.24, 2.45) is 4.99 Å². The second-order valence-electron chi connectivity index (χ2n) is 6.79. The molecule has 7 heteroatoms. The van der Waals surface area contributed by atoms with Crippen molar-refractivity contribution in [3.8, 4) is 0 Å². The van der Waals surface area contributed by atoms with E-state index >= 15 is 0 Å². The molecule has 1 aliphatic heterocycles. The first-order chi connectivity index (χ1) is 12.1. The molecule has 0 aliphatic carbocycles. The maximum absolute atomic E-state index is 12.4. The molecule has 1 fully saturated rings. The first-order valence-electron chi connectivity index (χ1n) is 9.45. The minimum Gasteiger partial charge on any atom is -0.357 e. The van der Waals surface area contributed by atoms with Crippen LogP contribution in [-0.4, -0.2) is 49.0 Å². The van der Waals surface area contributed by atoms with E-state index < -0.39 is 0 Å². The smallest absolute Gasteiger partial charge is 0.224 e. The van der Waals surface area contributed by atoms with Gasteiger partial charge in [0.2, 0.25) is 5.91 Å². The van der Waals surface area contributed by atoms with Gasteiger partial charge in [0, 0.05) is 44.6 Å². The SMILES string of the molecule is CCNC(=NCC(C)c1ccsc1)NCCC(=O)N1CCCCC1C.I. The van der Waals surface area contributed by atoms with Gasteiger partial charge in [0.25, 0.3) is 0 Å². The second-order valence-corrected chi connectivity index (χ2v) is 7.57. The summed E-state index contributed by atoms with van der Waals surface area (Å²) in [6.07, 6.45) is 4.02. The summed E-state index contributed by atoms with van der Waals surface area (Å²) >= 11 is 1.72. The fourth-order valence-corrected chi connectivity index (χ4v) is 3.91. The summed E-state index contributed by atoms with van der Waals surface area (Å²) < 4.78 is 0. The lowest BCUT2D eigenvalue weighted by Gasteiger charge is -2.33. The molecular formula is C19H33IN4OS. The van der Waals surface area contributed by atoms with E-state index in [1.165, 1.54) is 12.0 Å². The molecular weight excluding hydrogens is 459 g/mol. The van der Waals surface area contributed by atoms with Gasteiger partial charge in [0.05, 0.1) is 0 Å². The van der Waals surface area contributed by atoms with Crippen LogP contribution >= 0.6 is 35.3 Å². The quantitative estimate of drug-likeness (QED) is 0.346. The third-order valence-electron chi connectivity index (χ3n) is 4.73. The lowest BCUT2D eigenvalue weighted by Crippen LogP contribution is -2.44. The number of carbonyl (C=O) groups is 1. The topological polar surface area (TPSA) is 56.7 Å². The van der Waals surface area contributed by atoms with Gasteiger partial charge in [-0.2, -0.15) is 11.3 Å². The number of nitrogens with zero attached hydrogens (tertiary/aromatic N) is 2. The molecule has 2 N–H and O–H groups in total. The Balaban J connectivity index is 0.00000338. The average molecular weight is 492 g/mol. The number of halogens is 1. The first kappa shape index (κ1) is 23.2. The zero-order chi connectivity index (χ0) is 18.1. The lowest BCUT2D eigenvalue weighted by atomic mass is 10.0. The number of piperidine rings is 1. The van der Waals surface area contributed by atoms with Crippen LogP contribution in [-0.2, 0) is 4.79 Å². The van der Waals surface area contributed by atoms with Gasteiger partial charge in [-0.15, -0.1) is 24.0 Å². The van der Waals surface area contributed by atoms with E-state index in [0.717, 1.165) is 38.4 Å². The molecule has 5 nitrogen and oxygen atoms in total. The summed E-state index contributed by atoms with van der Waals surface area (Å²) in [6.45, 7) is 9.49. The number of rotatable bonds is 7. The van der Waals surface area contributed by atoms with Crippen molar-refractivity contribution < 1.29 is 4.79 Å². The van der Waals surface area contributed by atoms with E-state index in [-0.39, 0.29) is 29.9 Å².